The number of nitrogens with zero attached hydrogens (tertiary/aromatic N) is 3. The number of rotatable bonds is 7. The van der Waals surface area contributed by atoms with E-state index >= 15 is 0 Å². The molecule has 0 spiro atoms. The van der Waals surface area contributed by atoms with Crippen LogP contribution in [0.1, 0.15) is 25.6 Å². The van der Waals surface area contributed by atoms with Gasteiger partial charge in [-0.2, -0.15) is 0 Å². The van der Waals surface area contributed by atoms with Crippen LogP contribution in [-0.4, -0.2) is 73.9 Å². The lowest BCUT2D eigenvalue weighted by Crippen LogP contribution is -2.49. The van der Waals surface area contributed by atoms with E-state index in [0.29, 0.717) is 12.5 Å². The lowest BCUT2D eigenvalue weighted by Gasteiger charge is -2.25. The Labute approximate surface area is 160 Å². The Morgan fingerprint density at radius 2 is 1.92 bits per heavy atom. The molecule has 0 aliphatic heterocycles. The number of carbonyl (C=O) groups is 2. The van der Waals surface area contributed by atoms with Crippen molar-refractivity contribution < 1.29 is 9.59 Å². The Kier molecular flexibility index (Phi) is 8.57. The van der Waals surface area contributed by atoms with Gasteiger partial charge in [0, 0.05) is 38.1 Å². The fraction of sp³-hybridized carbons (Fsp3) is 0.611. The van der Waals surface area contributed by atoms with Crippen molar-refractivity contribution in [3.05, 3.63) is 22.4 Å². The molecule has 1 aromatic heterocycles. The van der Waals surface area contributed by atoms with Gasteiger partial charge in [-0.25, -0.2) is 4.99 Å². The van der Waals surface area contributed by atoms with E-state index in [1.54, 1.807) is 37.4 Å². The van der Waals surface area contributed by atoms with Gasteiger partial charge >= 0.3 is 0 Å². The van der Waals surface area contributed by atoms with Crippen molar-refractivity contribution in [1.82, 2.24) is 20.4 Å². The molecule has 0 aliphatic carbocycles. The van der Waals surface area contributed by atoms with Crippen LogP contribution < -0.4 is 10.6 Å². The number of thiophene rings is 1. The van der Waals surface area contributed by atoms with Gasteiger partial charge in [-0.05, 0) is 38.6 Å². The molecule has 1 rings (SSSR count). The highest BCUT2D eigenvalue weighted by Crippen LogP contribution is 2.08. The lowest BCUT2D eigenvalue weighted by molar-refractivity contribution is -0.127. The molecule has 26 heavy (non-hydrogen) atoms. The summed E-state index contributed by atoms with van der Waals surface area (Å²) < 4.78 is 0. The number of guanidine groups is 1. The summed E-state index contributed by atoms with van der Waals surface area (Å²) in [7, 11) is 5.18. The van der Waals surface area contributed by atoms with Crippen LogP contribution in [0.4, 0.5) is 0 Å². The van der Waals surface area contributed by atoms with Gasteiger partial charge in [0.1, 0.15) is 6.54 Å². The molecule has 0 saturated heterocycles. The van der Waals surface area contributed by atoms with Crippen LogP contribution in [-0.2, 0) is 16.0 Å². The summed E-state index contributed by atoms with van der Waals surface area (Å²) in [6.07, 6.45) is 0.861. The average molecular weight is 382 g/mol. The quantitative estimate of drug-likeness (QED) is 0.549. The van der Waals surface area contributed by atoms with Gasteiger partial charge in [-0.15, -0.1) is 11.3 Å². The van der Waals surface area contributed by atoms with Crippen molar-refractivity contribution in [2.75, 3.05) is 40.8 Å². The second-order valence-corrected chi connectivity index (χ2v) is 8.37. The standard InChI is InChI=1S/C18H31N5O2S/c1-18(2,3)21-15(24)13-23(6)17(20-12-16(25)22(4)5)19-10-9-14-8-7-11-26-14/h7-8,11H,9-10,12-13H2,1-6H3,(H,19,20)(H,21,24). The molecule has 0 radical (unpaired) electrons. The van der Waals surface area contributed by atoms with Crippen molar-refractivity contribution in [2.24, 2.45) is 4.99 Å². The number of hydrogen-bond acceptors (Lipinski definition) is 4. The first-order valence-corrected chi connectivity index (χ1v) is 9.49. The molecule has 7 nitrogen and oxygen atoms in total. The molecule has 2 amide bonds. The highest BCUT2D eigenvalue weighted by molar-refractivity contribution is 7.09. The molecule has 2 N–H and O–H groups in total. The monoisotopic (exact) mass is 381 g/mol. The molecular formula is C18H31N5O2S. The summed E-state index contributed by atoms with van der Waals surface area (Å²) in [5.74, 6) is 0.364. The average Bonchev–Trinajstić information content (AvgIpc) is 3.01. The summed E-state index contributed by atoms with van der Waals surface area (Å²) >= 11 is 1.70. The summed E-state index contributed by atoms with van der Waals surface area (Å²) in [4.78, 5) is 32.9. The molecule has 0 fully saturated rings. The van der Waals surface area contributed by atoms with Crippen LogP contribution >= 0.6 is 11.3 Å². The van der Waals surface area contributed by atoms with Gasteiger partial charge in [0.2, 0.25) is 11.8 Å². The van der Waals surface area contributed by atoms with E-state index in [0.717, 1.165) is 6.42 Å². The Morgan fingerprint density at radius 1 is 1.23 bits per heavy atom. The van der Waals surface area contributed by atoms with Crippen LogP contribution in [0.2, 0.25) is 0 Å². The number of amides is 2. The predicted molar refractivity (Wildman–Crippen MR) is 108 cm³/mol. The molecule has 0 aliphatic rings. The molecule has 0 atom stereocenters. The first-order chi connectivity index (χ1) is 12.1. The Hall–Kier alpha value is -2.09. The van der Waals surface area contributed by atoms with E-state index in [4.69, 9.17) is 0 Å². The summed E-state index contributed by atoms with van der Waals surface area (Å²) in [5.41, 5.74) is -0.289. The fourth-order valence-electron chi connectivity index (χ4n) is 2.10. The topological polar surface area (TPSA) is 77.0 Å². The van der Waals surface area contributed by atoms with Crippen molar-refractivity contribution >= 4 is 29.1 Å². The van der Waals surface area contributed by atoms with Crippen molar-refractivity contribution in [1.29, 1.82) is 0 Å². The third-order valence-corrected chi connectivity index (χ3v) is 4.29. The van der Waals surface area contributed by atoms with Crippen LogP contribution in [0.15, 0.2) is 22.5 Å². The third-order valence-electron chi connectivity index (χ3n) is 3.35. The highest BCUT2D eigenvalue weighted by atomic mass is 32.1. The van der Waals surface area contributed by atoms with E-state index in [-0.39, 0.29) is 30.4 Å². The van der Waals surface area contributed by atoms with Crippen molar-refractivity contribution in [3.8, 4) is 0 Å². The van der Waals surface area contributed by atoms with Crippen LogP contribution in [0.3, 0.4) is 0 Å². The Balaban J connectivity index is 2.69. The smallest absolute Gasteiger partial charge is 0.243 e. The van der Waals surface area contributed by atoms with Crippen molar-refractivity contribution in [3.63, 3.8) is 0 Å². The van der Waals surface area contributed by atoms with Crippen LogP contribution in [0.5, 0.6) is 0 Å². The molecular weight excluding hydrogens is 350 g/mol. The van der Waals surface area contributed by atoms with E-state index in [1.165, 1.54) is 9.78 Å². The second kappa shape index (κ2) is 10.2. The zero-order valence-corrected chi connectivity index (χ0v) is 17.4. The number of carbonyl (C=O) groups excluding carboxylic acids is 2. The summed E-state index contributed by atoms with van der Waals surface area (Å²) in [5, 5.41) is 8.23. The van der Waals surface area contributed by atoms with Gasteiger partial charge in [0.25, 0.3) is 0 Å². The maximum absolute atomic E-state index is 12.2. The molecule has 8 heteroatoms. The molecule has 0 saturated carbocycles. The third kappa shape index (κ3) is 8.84. The maximum atomic E-state index is 12.2. The van der Waals surface area contributed by atoms with E-state index in [2.05, 4.69) is 21.7 Å². The minimum Gasteiger partial charge on any atom is -0.356 e. The van der Waals surface area contributed by atoms with E-state index in [9.17, 15) is 9.59 Å². The Bertz CT molecular complexity index is 606. The van der Waals surface area contributed by atoms with Crippen LogP contribution in [0, 0.1) is 0 Å². The first kappa shape index (κ1) is 22.0. The fourth-order valence-corrected chi connectivity index (χ4v) is 2.80. The SMILES string of the molecule is CN(C)C(=O)CN=C(NCCc1cccs1)N(C)CC(=O)NC(C)(C)C. The van der Waals surface area contributed by atoms with E-state index < -0.39 is 0 Å². The number of hydrogen-bond donors (Lipinski definition) is 2. The molecule has 0 bridgehead atoms. The van der Waals surface area contributed by atoms with Gasteiger partial charge in [-0.1, -0.05) is 6.07 Å². The van der Waals surface area contributed by atoms with E-state index in [1.807, 2.05) is 32.2 Å². The normalized spacial score (nSPS) is 11.8. The zero-order chi connectivity index (χ0) is 19.7. The first-order valence-electron chi connectivity index (χ1n) is 8.61. The van der Waals surface area contributed by atoms with Gasteiger partial charge in [-0.3, -0.25) is 9.59 Å². The van der Waals surface area contributed by atoms with Crippen molar-refractivity contribution in [2.45, 2.75) is 32.7 Å². The largest absolute Gasteiger partial charge is 0.356 e. The predicted octanol–water partition coefficient (Wildman–Crippen LogP) is 1.17. The second-order valence-electron chi connectivity index (χ2n) is 7.34. The van der Waals surface area contributed by atoms with Crippen LogP contribution in [0.25, 0.3) is 0 Å². The number of aliphatic imine (C=N–C) groups is 1. The van der Waals surface area contributed by atoms with Gasteiger partial charge in [0.05, 0.1) is 6.54 Å². The molecule has 0 aromatic carbocycles. The minimum absolute atomic E-state index is 0.0412. The lowest BCUT2D eigenvalue weighted by atomic mass is 10.1. The zero-order valence-electron chi connectivity index (χ0n) is 16.6. The highest BCUT2D eigenvalue weighted by Gasteiger charge is 2.17. The molecule has 1 heterocycles. The van der Waals surface area contributed by atoms with Gasteiger partial charge in [0.15, 0.2) is 5.96 Å². The summed E-state index contributed by atoms with van der Waals surface area (Å²) in [6, 6.07) is 4.10. The summed E-state index contributed by atoms with van der Waals surface area (Å²) in [6.45, 7) is 6.71. The molecule has 146 valence electrons. The maximum Gasteiger partial charge on any atom is 0.243 e. The van der Waals surface area contributed by atoms with Gasteiger partial charge < -0.3 is 20.4 Å². The Morgan fingerprint density at radius 3 is 2.46 bits per heavy atom. The minimum atomic E-state index is -0.289. The molecule has 0 unspecified atom stereocenters. The number of likely N-dealkylation sites (N-methyl/N-ethyl adjacent to an activating group) is 2. The number of nitrogens with one attached hydrogen (secondary N) is 2. The molecule has 1 aromatic rings.